The van der Waals surface area contributed by atoms with Crippen molar-refractivity contribution in [3.63, 3.8) is 0 Å². The molecule has 0 saturated carbocycles. The fourth-order valence-electron chi connectivity index (χ4n) is 2.53. The molecule has 1 unspecified atom stereocenters. The Balaban J connectivity index is 2.06. The minimum atomic E-state index is -0.616. The van der Waals surface area contributed by atoms with E-state index < -0.39 is 17.2 Å². The van der Waals surface area contributed by atoms with E-state index in [9.17, 15) is 14.9 Å². The number of benzene rings is 2. The van der Waals surface area contributed by atoms with Crippen LogP contribution in [-0.2, 0) is 0 Å². The fraction of sp³-hybridized carbons (Fsp3) is 0.316. The van der Waals surface area contributed by atoms with Crippen LogP contribution in [0.15, 0.2) is 42.5 Å². The number of urea groups is 1. The van der Waals surface area contributed by atoms with Crippen LogP contribution in [0.2, 0.25) is 0 Å². The second kappa shape index (κ2) is 8.88. The summed E-state index contributed by atoms with van der Waals surface area (Å²) in [7, 11) is 1.42. The lowest BCUT2D eigenvalue weighted by atomic mass is 10.0. The first kappa shape index (κ1) is 20.0. The highest BCUT2D eigenvalue weighted by atomic mass is 16.6. The number of carbonyl (C=O) groups excluding carboxylic acids is 1. The molecule has 2 rings (SSSR count). The van der Waals surface area contributed by atoms with Gasteiger partial charge in [-0.15, -0.1) is 0 Å². The molecule has 0 radical (unpaired) electrons. The minimum absolute atomic E-state index is 0.152. The number of methoxy groups -OCH3 is 1. The van der Waals surface area contributed by atoms with Crippen molar-refractivity contribution in [2.75, 3.05) is 12.4 Å². The second-order valence-electron chi connectivity index (χ2n) is 6.19. The standard InChI is InChI=1S/C19H23N3O5/c1-12(2)15-7-5-6-8-17(15)27-13(3)20-19(23)21-16-11-14(22(24)25)9-10-18(16)26-4/h5-13H,1-4H3,(H2,20,21,23). The van der Waals surface area contributed by atoms with Crippen molar-refractivity contribution in [2.24, 2.45) is 0 Å². The van der Waals surface area contributed by atoms with Crippen LogP contribution in [0.1, 0.15) is 32.3 Å². The Bertz CT molecular complexity index is 823. The van der Waals surface area contributed by atoms with E-state index in [-0.39, 0.29) is 17.3 Å². The molecule has 0 saturated heterocycles. The fourth-order valence-corrected chi connectivity index (χ4v) is 2.53. The van der Waals surface area contributed by atoms with E-state index in [4.69, 9.17) is 9.47 Å². The van der Waals surface area contributed by atoms with Crippen LogP contribution in [0.3, 0.4) is 0 Å². The van der Waals surface area contributed by atoms with Crippen molar-refractivity contribution in [3.05, 3.63) is 58.1 Å². The number of amides is 2. The van der Waals surface area contributed by atoms with Gasteiger partial charge < -0.3 is 20.1 Å². The van der Waals surface area contributed by atoms with Gasteiger partial charge in [-0.25, -0.2) is 4.79 Å². The molecule has 2 N–H and O–H groups in total. The summed E-state index contributed by atoms with van der Waals surface area (Å²) >= 11 is 0. The molecule has 0 heterocycles. The van der Waals surface area contributed by atoms with Crippen molar-refractivity contribution in [1.82, 2.24) is 5.32 Å². The van der Waals surface area contributed by atoms with Crippen LogP contribution in [0, 0.1) is 10.1 Å². The average Bonchev–Trinajstić information content (AvgIpc) is 2.61. The number of hydrogen-bond acceptors (Lipinski definition) is 5. The maximum absolute atomic E-state index is 12.3. The Morgan fingerprint density at radius 2 is 1.81 bits per heavy atom. The SMILES string of the molecule is COc1ccc([N+](=O)[O-])cc1NC(=O)NC(C)Oc1ccccc1C(C)C. The van der Waals surface area contributed by atoms with Crippen LogP contribution in [0.4, 0.5) is 16.2 Å². The summed E-state index contributed by atoms with van der Waals surface area (Å²) in [6, 6.07) is 11.0. The van der Waals surface area contributed by atoms with Gasteiger partial charge in [-0.05, 0) is 30.5 Å². The van der Waals surface area contributed by atoms with Gasteiger partial charge in [0, 0.05) is 12.1 Å². The van der Waals surface area contributed by atoms with E-state index >= 15 is 0 Å². The molecule has 8 nitrogen and oxygen atoms in total. The van der Waals surface area contributed by atoms with Gasteiger partial charge in [0.05, 0.1) is 17.7 Å². The lowest BCUT2D eigenvalue weighted by Crippen LogP contribution is -2.39. The number of anilines is 1. The second-order valence-corrected chi connectivity index (χ2v) is 6.19. The highest BCUT2D eigenvalue weighted by molar-refractivity contribution is 5.91. The van der Waals surface area contributed by atoms with E-state index in [2.05, 4.69) is 24.5 Å². The van der Waals surface area contributed by atoms with E-state index in [1.165, 1.54) is 25.3 Å². The summed E-state index contributed by atoms with van der Waals surface area (Å²) in [4.78, 5) is 22.6. The number of hydrogen-bond donors (Lipinski definition) is 2. The zero-order chi connectivity index (χ0) is 20.0. The summed E-state index contributed by atoms with van der Waals surface area (Å²) in [5.74, 6) is 1.28. The summed E-state index contributed by atoms with van der Waals surface area (Å²) < 4.78 is 10.9. The monoisotopic (exact) mass is 373 g/mol. The zero-order valence-corrected chi connectivity index (χ0v) is 15.7. The Morgan fingerprint density at radius 1 is 1.11 bits per heavy atom. The number of nitro benzene ring substituents is 1. The molecule has 27 heavy (non-hydrogen) atoms. The van der Waals surface area contributed by atoms with Crippen LogP contribution in [-0.4, -0.2) is 24.3 Å². The van der Waals surface area contributed by atoms with Gasteiger partial charge in [0.25, 0.3) is 5.69 Å². The van der Waals surface area contributed by atoms with Crippen LogP contribution in [0.5, 0.6) is 11.5 Å². The first-order chi connectivity index (χ1) is 12.8. The number of para-hydroxylation sites is 1. The van der Waals surface area contributed by atoms with E-state index in [0.29, 0.717) is 11.5 Å². The van der Waals surface area contributed by atoms with Gasteiger partial charge in [0.1, 0.15) is 11.5 Å². The summed E-state index contributed by atoms with van der Waals surface area (Å²) in [6.45, 7) is 5.81. The van der Waals surface area contributed by atoms with E-state index in [0.717, 1.165) is 5.56 Å². The highest BCUT2D eigenvalue weighted by Gasteiger charge is 2.16. The largest absolute Gasteiger partial charge is 0.495 e. The third kappa shape index (κ3) is 5.34. The van der Waals surface area contributed by atoms with Crippen LogP contribution < -0.4 is 20.1 Å². The van der Waals surface area contributed by atoms with Crippen LogP contribution >= 0.6 is 0 Å². The van der Waals surface area contributed by atoms with Crippen molar-refractivity contribution >= 4 is 17.4 Å². The number of non-ortho nitro benzene ring substituents is 1. The summed E-state index contributed by atoms with van der Waals surface area (Å²) in [5.41, 5.74) is 1.08. The summed E-state index contributed by atoms with van der Waals surface area (Å²) in [5, 5.41) is 16.1. The van der Waals surface area contributed by atoms with Gasteiger partial charge in [-0.2, -0.15) is 0 Å². The third-order valence-electron chi connectivity index (χ3n) is 3.82. The molecular weight excluding hydrogens is 350 g/mol. The predicted octanol–water partition coefficient (Wildman–Crippen LogP) is 4.27. The Morgan fingerprint density at radius 3 is 2.44 bits per heavy atom. The lowest BCUT2D eigenvalue weighted by Gasteiger charge is -2.20. The third-order valence-corrected chi connectivity index (χ3v) is 3.82. The first-order valence-corrected chi connectivity index (χ1v) is 8.47. The molecule has 2 amide bonds. The number of nitrogens with one attached hydrogen (secondary N) is 2. The molecule has 0 bridgehead atoms. The van der Waals surface area contributed by atoms with E-state index in [1.54, 1.807) is 6.92 Å². The molecular formula is C19H23N3O5. The maximum atomic E-state index is 12.3. The number of ether oxygens (including phenoxy) is 2. The highest BCUT2D eigenvalue weighted by Crippen LogP contribution is 2.29. The smallest absolute Gasteiger partial charge is 0.322 e. The molecule has 8 heteroatoms. The van der Waals surface area contributed by atoms with Crippen molar-refractivity contribution in [3.8, 4) is 11.5 Å². The van der Waals surface area contributed by atoms with Gasteiger partial charge >= 0.3 is 6.03 Å². The topological polar surface area (TPSA) is 103 Å². The van der Waals surface area contributed by atoms with Crippen molar-refractivity contribution < 1.29 is 19.2 Å². The van der Waals surface area contributed by atoms with Crippen molar-refractivity contribution in [2.45, 2.75) is 32.9 Å². The molecule has 0 aromatic heterocycles. The average molecular weight is 373 g/mol. The first-order valence-electron chi connectivity index (χ1n) is 8.47. The predicted molar refractivity (Wildman–Crippen MR) is 102 cm³/mol. The number of nitrogens with zero attached hydrogens (tertiary/aromatic N) is 1. The van der Waals surface area contributed by atoms with E-state index in [1.807, 2.05) is 24.3 Å². The Hall–Kier alpha value is -3.29. The molecule has 0 aliphatic rings. The molecule has 0 spiro atoms. The Kier molecular flexibility index (Phi) is 6.59. The minimum Gasteiger partial charge on any atom is -0.495 e. The molecule has 0 aliphatic heterocycles. The quantitative estimate of drug-likeness (QED) is 0.428. The molecule has 2 aromatic rings. The summed E-state index contributed by atoms with van der Waals surface area (Å²) in [6.07, 6.45) is -0.616. The van der Waals surface area contributed by atoms with Gasteiger partial charge in [0.2, 0.25) is 0 Å². The van der Waals surface area contributed by atoms with Gasteiger partial charge in [-0.3, -0.25) is 10.1 Å². The normalized spacial score (nSPS) is 11.6. The maximum Gasteiger partial charge on any atom is 0.322 e. The molecule has 144 valence electrons. The van der Waals surface area contributed by atoms with Crippen molar-refractivity contribution in [1.29, 1.82) is 0 Å². The number of carbonyl (C=O) groups is 1. The molecule has 2 aromatic carbocycles. The van der Waals surface area contributed by atoms with Gasteiger partial charge in [-0.1, -0.05) is 32.0 Å². The molecule has 0 fully saturated rings. The van der Waals surface area contributed by atoms with Crippen LogP contribution in [0.25, 0.3) is 0 Å². The Labute approximate surface area is 157 Å². The number of nitro groups is 1. The molecule has 0 aliphatic carbocycles. The zero-order valence-electron chi connectivity index (χ0n) is 15.7. The number of rotatable bonds is 7. The molecule has 1 atom stereocenters. The van der Waals surface area contributed by atoms with Gasteiger partial charge in [0.15, 0.2) is 6.23 Å². The lowest BCUT2D eigenvalue weighted by molar-refractivity contribution is -0.384.